The topological polar surface area (TPSA) is 96.9 Å². The lowest BCUT2D eigenvalue weighted by molar-refractivity contribution is -0.124. The van der Waals surface area contributed by atoms with Crippen LogP contribution >= 0.6 is 0 Å². The predicted octanol–water partition coefficient (Wildman–Crippen LogP) is 1.04. The Labute approximate surface area is 109 Å². The first-order valence-corrected chi connectivity index (χ1v) is 5.81. The first kappa shape index (κ1) is 13.3. The van der Waals surface area contributed by atoms with Crippen molar-refractivity contribution in [1.82, 2.24) is 0 Å². The van der Waals surface area contributed by atoms with Crippen LogP contribution in [0.4, 0.5) is 10.1 Å². The summed E-state index contributed by atoms with van der Waals surface area (Å²) in [5.41, 5.74) is 5.84. The molecule has 0 aliphatic carbocycles. The van der Waals surface area contributed by atoms with Crippen molar-refractivity contribution in [2.75, 3.05) is 11.9 Å². The minimum absolute atomic E-state index is 0.119. The van der Waals surface area contributed by atoms with Gasteiger partial charge in [-0.15, -0.1) is 0 Å². The number of hydrogen-bond acceptors (Lipinski definition) is 4. The molecule has 1 fully saturated rings. The van der Waals surface area contributed by atoms with E-state index in [0.717, 1.165) is 12.5 Å². The average Bonchev–Trinajstić information content (AvgIpc) is 2.94. The third kappa shape index (κ3) is 3.00. The van der Waals surface area contributed by atoms with E-state index in [1.165, 1.54) is 12.1 Å². The van der Waals surface area contributed by atoms with Gasteiger partial charge in [0.1, 0.15) is 11.9 Å². The van der Waals surface area contributed by atoms with Gasteiger partial charge < -0.3 is 21.0 Å². The zero-order valence-corrected chi connectivity index (χ0v) is 10.1. The van der Waals surface area contributed by atoms with Gasteiger partial charge in [0.15, 0.2) is 5.84 Å². The minimum atomic E-state index is -0.545. The fraction of sp³-hybridized carbons (Fsp3) is 0.333. The fourth-order valence-corrected chi connectivity index (χ4v) is 1.89. The highest BCUT2D eigenvalue weighted by Gasteiger charge is 2.24. The summed E-state index contributed by atoms with van der Waals surface area (Å²) in [7, 11) is 0. The van der Waals surface area contributed by atoms with Gasteiger partial charge in [-0.1, -0.05) is 5.16 Å². The lowest BCUT2D eigenvalue weighted by Gasteiger charge is -2.13. The molecule has 102 valence electrons. The van der Waals surface area contributed by atoms with Crippen LogP contribution < -0.4 is 11.1 Å². The Kier molecular flexibility index (Phi) is 3.96. The highest BCUT2D eigenvalue weighted by Crippen LogP contribution is 2.19. The Bertz CT molecular complexity index is 513. The molecular weight excluding hydrogens is 253 g/mol. The zero-order chi connectivity index (χ0) is 13.8. The molecule has 4 N–H and O–H groups in total. The van der Waals surface area contributed by atoms with Crippen LogP contribution in [0, 0.1) is 5.82 Å². The number of oxime groups is 1. The molecule has 0 radical (unpaired) electrons. The lowest BCUT2D eigenvalue weighted by atomic mass is 10.1. The second kappa shape index (κ2) is 5.66. The molecule has 6 nitrogen and oxygen atoms in total. The van der Waals surface area contributed by atoms with E-state index in [9.17, 15) is 9.18 Å². The Hall–Kier alpha value is -2.15. The molecule has 1 aliphatic heterocycles. The van der Waals surface area contributed by atoms with Crippen LogP contribution in [0.15, 0.2) is 23.4 Å². The molecule has 1 aromatic rings. The van der Waals surface area contributed by atoms with Crippen LogP contribution in [0.5, 0.6) is 0 Å². The van der Waals surface area contributed by atoms with Gasteiger partial charge >= 0.3 is 0 Å². The minimum Gasteiger partial charge on any atom is -0.409 e. The molecule has 0 aromatic heterocycles. The average molecular weight is 267 g/mol. The van der Waals surface area contributed by atoms with Crippen LogP contribution in [0.25, 0.3) is 0 Å². The van der Waals surface area contributed by atoms with Crippen molar-refractivity contribution >= 4 is 17.4 Å². The number of rotatable bonds is 3. The molecule has 1 aromatic carbocycles. The van der Waals surface area contributed by atoms with Crippen LogP contribution in [0.3, 0.4) is 0 Å². The Morgan fingerprint density at radius 1 is 1.58 bits per heavy atom. The second-order valence-electron chi connectivity index (χ2n) is 4.17. The number of carbonyl (C=O) groups is 1. The number of amidine groups is 1. The molecule has 1 heterocycles. The maximum Gasteiger partial charge on any atom is 0.253 e. The number of anilines is 1. The molecule has 1 amide bonds. The molecule has 2 rings (SSSR count). The normalized spacial score (nSPS) is 19.4. The lowest BCUT2D eigenvalue weighted by Crippen LogP contribution is -2.28. The number of nitrogens with one attached hydrogen (secondary N) is 1. The van der Waals surface area contributed by atoms with Crippen LogP contribution in [0.2, 0.25) is 0 Å². The monoisotopic (exact) mass is 267 g/mol. The first-order valence-electron chi connectivity index (χ1n) is 5.81. The Balaban J connectivity index is 2.21. The van der Waals surface area contributed by atoms with Gasteiger partial charge in [-0.3, -0.25) is 4.79 Å². The highest BCUT2D eigenvalue weighted by atomic mass is 19.1. The quantitative estimate of drug-likeness (QED) is 0.330. The smallest absolute Gasteiger partial charge is 0.253 e. The summed E-state index contributed by atoms with van der Waals surface area (Å²) in [5.74, 6) is -1.14. The van der Waals surface area contributed by atoms with E-state index in [0.29, 0.717) is 13.0 Å². The number of nitrogens with zero attached hydrogens (tertiary/aromatic N) is 1. The molecule has 19 heavy (non-hydrogen) atoms. The number of benzene rings is 1. The van der Waals surface area contributed by atoms with Crippen molar-refractivity contribution in [3.8, 4) is 0 Å². The molecule has 0 spiro atoms. The third-order valence-corrected chi connectivity index (χ3v) is 2.85. The van der Waals surface area contributed by atoms with Crippen molar-refractivity contribution < 1.29 is 19.1 Å². The number of carbonyl (C=O) groups excluding carboxylic acids is 1. The van der Waals surface area contributed by atoms with E-state index >= 15 is 0 Å². The van der Waals surface area contributed by atoms with Gasteiger partial charge in [0, 0.05) is 12.2 Å². The summed E-state index contributed by atoms with van der Waals surface area (Å²) in [4.78, 5) is 11.9. The van der Waals surface area contributed by atoms with Crippen molar-refractivity contribution in [3.63, 3.8) is 0 Å². The van der Waals surface area contributed by atoms with E-state index in [4.69, 9.17) is 15.7 Å². The molecule has 0 bridgehead atoms. The van der Waals surface area contributed by atoms with Crippen molar-refractivity contribution in [1.29, 1.82) is 0 Å². The van der Waals surface area contributed by atoms with Crippen molar-refractivity contribution in [3.05, 3.63) is 29.6 Å². The number of amides is 1. The zero-order valence-electron chi connectivity index (χ0n) is 10.1. The summed E-state index contributed by atoms with van der Waals surface area (Å²) < 4.78 is 18.4. The summed E-state index contributed by atoms with van der Waals surface area (Å²) in [6, 6.07) is 3.62. The van der Waals surface area contributed by atoms with Crippen molar-refractivity contribution in [2.24, 2.45) is 10.9 Å². The number of nitrogens with two attached hydrogens (primary N) is 1. The largest absolute Gasteiger partial charge is 0.409 e. The summed E-state index contributed by atoms with van der Waals surface area (Å²) in [6.07, 6.45) is 0.964. The molecule has 1 atom stereocenters. The van der Waals surface area contributed by atoms with Crippen LogP contribution in [-0.2, 0) is 9.53 Å². The molecule has 7 heteroatoms. The number of ether oxygens (including phenoxy) is 1. The Morgan fingerprint density at radius 2 is 2.37 bits per heavy atom. The molecule has 1 aliphatic rings. The molecule has 1 saturated heterocycles. The SMILES string of the molecule is N/C(=N/O)c1cc(F)ccc1NC(=O)C1CCCO1. The van der Waals surface area contributed by atoms with Crippen molar-refractivity contribution in [2.45, 2.75) is 18.9 Å². The van der Waals surface area contributed by atoms with Gasteiger partial charge in [-0.05, 0) is 31.0 Å². The second-order valence-corrected chi connectivity index (χ2v) is 4.17. The highest BCUT2D eigenvalue weighted by molar-refractivity contribution is 6.06. The van der Waals surface area contributed by atoms with E-state index in [-0.39, 0.29) is 23.0 Å². The first-order chi connectivity index (χ1) is 9.11. The van der Waals surface area contributed by atoms with E-state index in [2.05, 4.69) is 10.5 Å². The van der Waals surface area contributed by atoms with E-state index < -0.39 is 11.9 Å². The maximum absolute atomic E-state index is 13.2. The van der Waals surface area contributed by atoms with Gasteiger partial charge in [-0.2, -0.15) is 0 Å². The third-order valence-electron chi connectivity index (χ3n) is 2.85. The van der Waals surface area contributed by atoms with Crippen LogP contribution in [0.1, 0.15) is 18.4 Å². The maximum atomic E-state index is 13.2. The fourth-order valence-electron chi connectivity index (χ4n) is 1.89. The van der Waals surface area contributed by atoms with Crippen LogP contribution in [-0.4, -0.2) is 29.7 Å². The van der Waals surface area contributed by atoms with Gasteiger partial charge in [0.2, 0.25) is 0 Å². The van der Waals surface area contributed by atoms with Gasteiger partial charge in [-0.25, -0.2) is 4.39 Å². The van der Waals surface area contributed by atoms with E-state index in [1.807, 2.05) is 0 Å². The molecule has 1 unspecified atom stereocenters. The number of hydrogen-bond donors (Lipinski definition) is 3. The summed E-state index contributed by atoms with van der Waals surface area (Å²) >= 11 is 0. The standard InChI is InChI=1S/C12H14FN3O3/c13-7-3-4-9(8(6-7)11(14)16-18)15-12(17)10-2-1-5-19-10/h3-4,6,10,18H,1-2,5H2,(H2,14,16)(H,15,17). The summed E-state index contributed by atoms with van der Waals surface area (Å²) in [6.45, 7) is 0.550. The molecular formula is C12H14FN3O3. The number of halogens is 1. The summed E-state index contributed by atoms with van der Waals surface area (Å²) in [5, 5.41) is 14.1. The van der Waals surface area contributed by atoms with E-state index in [1.54, 1.807) is 0 Å². The van der Waals surface area contributed by atoms with Gasteiger partial charge in [0.25, 0.3) is 5.91 Å². The van der Waals surface area contributed by atoms with Gasteiger partial charge in [0.05, 0.1) is 5.69 Å². The Morgan fingerprint density at radius 3 is 3.00 bits per heavy atom. The molecule has 0 saturated carbocycles. The predicted molar refractivity (Wildman–Crippen MR) is 66.5 cm³/mol.